The van der Waals surface area contributed by atoms with E-state index in [1.54, 1.807) is 0 Å². The Morgan fingerprint density at radius 3 is 2.72 bits per heavy atom. The number of carbonyl (C=O) groups excluding carboxylic acids is 1. The summed E-state index contributed by atoms with van der Waals surface area (Å²) in [6, 6.07) is 9.91. The summed E-state index contributed by atoms with van der Waals surface area (Å²) in [5.74, 6) is 1.74. The van der Waals surface area contributed by atoms with Gasteiger partial charge < -0.3 is 10.2 Å². The van der Waals surface area contributed by atoms with Gasteiger partial charge >= 0.3 is 6.03 Å². The third-order valence-electron chi connectivity index (χ3n) is 4.58. The van der Waals surface area contributed by atoms with Crippen LogP contribution < -0.4 is 5.32 Å². The summed E-state index contributed by atoms with van der Waals surface area (Å²) in [5.41, 5.74) is 3.92. The van der Waals surface area contributed by atoms with Gasteiger partial charge in [0.15, 0.2) is 0 Å². The molecule has 2 aromatic rings. The topological polar surface area (TPSA) is 50.2 Å². The highest BCUT2D eigenvalue weighted by Crippen LogP contribution is 2.21. The molecule has 0 aliphatic carbocycles. The number of benzene rings is 1. The molecular formula is C19H26N4OS. The van der Waals surface area contributed by atoms with Crippen molar-refractivity contribution in [2.24, 2.45) is 5.92 Å². The van der Waals surface area contributed by atoms with Crippen LogP contribution in [0.4, 0.5) is 10.5 Å². The fraction of sp³-hybridized carbons (Fsp3) is 0.474. The van der Waals surface area contributed by atoms with Crippen LogP contribution >= 0.6 is 11.8 Å². The van der Waals surface area contributed by atoms with Gasteiger partial charge in [0.1, 0.15) is 0 Å². The molecular weight excluding hydrogens is 332 g/mol. The standard InChI is InChI=1S/C19H26N4OS/c1-14-11-15(2)23(21-14)18-8-6-17(7-9-18)20-19(24)22-10-4-5-16(12-22)13-25-3/h6-9,11,16H,4-5,10,12-13H2,1-3H3,(H,20,24)/t16-/m0/s1. The van der Waals surface area contributed by atoms with E-state index in [2.05, 4.69) is 22.7 Å². The highest BCUT2D eigenvalue weighted by Gasteiger charge is 2.23. The van der Waals surface area contributed by atoms with Gasteiger partial charge in [0, 0.05) is 24.5 Å². The summed E-state index contributed by atoms with van der Waals surface area (Å²) in [6.45, 7) is 5.73. The summed E-state index contributed by atoms with van der Waals surface area (Å²) in [7, 11) is 0. The zero-order chi connectivity index (χ0) is 17.8. The Morgan fingerprint density at radius 2 is 2.08 bits per heavy atom. The van der Waals surface area contributed by atoms with Crippen LogP contribution in [0.25, 0.3) is 5.69 Å². The van der Waals surface area contributed by atoms with Gasteiger partial charge in [-0.05, 0) is 74.9 Å². The predicted molar refractivity (Wildman–Crippen MR) is 105 cm³/mol. The average molecular weight is 359 g/mol. The Hall–Kier alpha value is -1.95. The lowest BCUT2D eigenvalue weighted by Gasteiger charge is -2.32. The lowest BCUT2D eigenvalue weighted by Crippen LogP contribution is -2.42. The molecule has 3 rings (SSSR count). The molecule has 0 spiro atoms. The molecule has 5 nitrogen and oxygen atoms in total. The van der Waals surface area contributed by atoms with Crippen LogP contribution in [0.5, 0.6) is 0 Å². The first kappa shape index (κ1) is 17.9. The first-order valence-corrected chi connectivity index (χ1v) is 10.1. The molecule has 2 heterocycles. The number of rotatable bonds is 4. The van der Waals surface area contributed by atoms with Gasteiger partial charge in [-0.2, -0.15) is 16.9 Å². The Labute approximate surface area is 153 Å². The van der Waals surface area contributed by atoms with Gasteiger partial charge in [0.2, 0.25) is 0 Å². The van der Waals surface area contributed by atoms with Crippen molar-refractivity contribution in [1.29, 1.82) is 0 Å². The van der Waals surface area contributed by atoms with E-state index in [9.17, 15) is 4.79 Å². The van der Waals surface area contributed by atoms with Gasteiger partial charge in [-0.25, -0.2) is 9.48 Å². The van der Waals surface area contributed by atoms with Gasteiger partial charge in [0.25, 0.3) is 0 Å². The van der Waals surface area contributed by atoms with Crippen LogP contribution in [0.15, 0.2) is 30.3 Å². The second-order valence-corrected chi connectivity index (χ2v) is 7.64. The first-order chi connectivity index (χ1) is 12.1. The first-order valence-electron chi connectivity index (χ1n) is 8.75. The average Bonchev–Trinajstić information content (AvgIpc) is 2.94. The number of nitrogens with one attached hydrogen (secondary N) is 1. The minimum Gasteiger partial charge on any atom is -0.324 e. The van der Waals surface area contributed by atoms with Crippen molar-refractivity contribution in [2.45, 2.75) is 26.7 Å². The van der Waals surface area contributed by atoms with E-state index < -0.39 is 0 Å². The van der Waals surface area contributed by atoms with E-state index in [0.29, 0.717) is 5.92 Å². The lowest BCUT2D eigenvalue weighted by atomic mass is 10.0. The maximum atomic E-state index is 12.5. The number of hydrogen-bond acceptors (Lipinski definition) is 3. The molecule has 1 fully saturated rings. The highest BCUT2D eigenvalue weighted by molar-refractivity contribution is 7.98. The number of nitrogens with zero attached hydrogens (tertiary/aromatic N) is 3. The monoisotopic (exact) mass is 358 g/mol. The number of piperidine rings is 1. The molecule has 0 saturated carbocycles. The second kappa shape index (κ2) is 7.95. The zero-order valence-electron chi connectivity index (χ0n) is 15.2. The Morgan fingerprint density at radius 1 is 1.32 bits per heavy atom. The van der Waals surface area contributed by atoms with Gasteiger partial charge in [-0.3, -0.25) is 0 Å². The van der Waals surface area contributed by atoms with Crippen LogP contribution in [0, 0.1) is 19.8 Å². The number of amides is 2. The van der Waals surface area contributed by atoms with Crippen molar-refractivity contribution in [1.82, 2.24) is 14.7 Å². The van der Waals surface area contributed by atoms with E-state index in [1.165, 1.54) is 6.42 Å². The number of carbonyl (C=O) groups is 1. The summed E-state index contributed by atoms with van der Waals surface area (Å²) in [4.78, 5) is 14.5. The summed E-state index contributed by atoms with van der Waals surface area (Å²) >= 11 is 1.86. The molecule has 25 heavy (non-hydrogen) atoms. The van der Waals surface area contributed by atoms with Crippen LogP contribution in [0.2, 0.25) is 0 Å². The molecule has 1 aromatic carbocycles. The number of aryl methyl sites for hydroxylation is 2. The van der Waals surface area contributed by atoms with Crippen molar-refractivity contribution < 1.29 is 4.79 Å². The zero-order valence-corrected chi connectivity index (χ0v) is 16.0. The predicted octanol–water partition coefficient (Wildman–Crippen LogP) is 4.10. The van der Waals surface area contributed by atoms with Crippen molar-refractivity contribution in [2.75, 3.05) is 30.4 Å². The molecule has 1 aromatic heterocycles. The van der Waals surface area contributed by atoms with Crippen LogP contribution in [0.1, 0.15) is 24.2 Å². The molecule has 0 bridgehead atoms. The molecule has 0 radical (unpaired) electrons. The lowest BCUT2D eigenvalue weighted by molar-refractivity contribution is 0.183. The van der Waals surface area contributed by atoms with Crippen molar-refractivity contribution >= 4 is 23.5 Å². The normalized spacial score (nSPS) is 17.6. The Balaban J connectivity index is 1.63. The van der Waals surface area contributed by atoms with E-state index in [0.717, 1.165) is 48.0 Å². The number of urea groups is 1. The molecule has 134 valence electrons. The van der Waals surface area contributed by atoms with E-state index in [1.807, 2.05) is 59.5 Å². The molecule has 2 amide bonds. The van der Waals surface area contributed by atoms with Crippen molar-refractivity contribution in [3.05, 3.63) is 41.7 Å². The number of aromatic nitrogens is 2. The molecule has 1 aliphatic heterocycles. The minimum absolute atomic E-state index is 0.00432. The van der Waals surface area contributed by atoms with Crippen molar-refractivity contribution in [3.63, 3.8) is 0 Å². The largest absolute Gasteiger partial charge is 0.324 e. The molecule has 6 heteroatoms. The molecule has 1 aliphatic rings. The minimum atomic E-state index is 0.00432. The molecule has 0 unspecified atom stereocenters. The third-order valence-corrected chi connectivity index (χ3v) is 5.39. The van der Waals surface area contributed by atoms with Crippen LogP contribution in [-0.2, 0) is 0 Å². The fourth-order valence-corrected chi connectivity index (χ4v) is 4.14. The number of hydrogen-bond donors (Lipinski definition) is 1. The number of anilines is 1. The van der Waals surface area contributed by atoms with Crippen LogP contribution in [-0.4, -0.2) is 45.8 Å². The second-order valence-electron chi connectivity index (χ2n) is 6.73. The highest BCUT2D eigenvalue weighted by atomic mass is 32.2. The van der Waals surface area contributed by atoms with Gasteiger partial charge in [-0.1, -0.05) is 0 Å². The van der Waals surface area contributed by atoms with E-state index in [-0.39, 0.29) is 6.03 Å². The Kier molecular flexibility index (Phi) is 5.68. The third kappa shape index (κ3) is 4.37. The molecule has 1 atom stereocenters. The quantitative estimate of drug-likeness (QED) is 0.895. The SMILES string of the molecule is CSC[C@H]1CCCN(C(=O)Nc2ccc(-n3nc(C)cc3C)cc2)C1. The number of likely N-dealkylation sites (tertiary alicyclic amines) is 1. The summed E-state index contributed by atoms with van der Waals surface area (Å²) in [5, 5.41) is 7.51. The van der Waals surface area contributed by atoms with Crippen LogP contribution in [0.3, 0.4) is 0 Å². The fourth-order valence-electron chi connectivity index (χ4n) is 3.40. The molecule has 1 saturated heterocycles. The maximum Gasteiger partial charge on any atom is 0.321 e. The van der Waals surface area contributed by atoms with E-state index >= 15 is 0 Å². The Bertz CT molecular complexity index is 724. The smallest absolute Gasteiger partial charge is 0.321 e. The van der Waals surface area contributed by atoms with Crippen molar-refractivity contribution in [3.8, 4) is 5.69 Å². The maximum absolute atomic E-state index is 12.5. The van der Waals surface area contributed by atoms with E-state index in [4.69, 9.17) is 0 Å². The molecule has 1 N–H and O–H groups in total. The van der Waals surface area contributed by atoms with Gasteiger partial charge in [-0.15, -0.1) is 0 Å². The number of thioether (sulfide) groups is 1. The summed E-state index contributed by atoms with van der Waals surface area (Å²) in [6.07, 6.45) is 4.45. The van der Waals surface area contributed by atoms with Gasteiger partial charge in [0.05, 0.1) is 11.4 Å². The summed E-state index contributed by atoms with van der Waals surface area (Å²) < 4.78 is 1.92.